The van der Waals surface area contributed by atoms with E-state index in [-0.39, 0.29) is 11.9 Å². The maximum Gasteiger partial charge on any atom is 0.256 e. The van der Waals surface area contributed by atoms with Gasteiger partial charge in [0.2, 0.25) is 5.95 Å². The summed E-state index contributed by atoms with van der Waals surface area (Å²) in [7, 11) is 1.78. The number of ether oxygens (including phenoxy) is 2. The topological polar surface area (TPSA) is 85.6 Å². The summed E-state index contributed by atoms with van der Waals surface area (Å²) in [5, 5.41) is 0.892. The molecule has 0 bridgehead atoms. The van der Waals surface area contributed by atoms with Crippen molar-refractivity contribution in [1.29, 1.82) is 0 Å². The lowest BCUT2D eigenvalue weighted by molar-refractivity contribution is 0.0304. The highest BCUT2D eigenvalue weighted by molar-refractivity contribution is 6.06. The summed E-state index contributed by atoms with van der Waals surface area (Å²) in [5.41, 5.74) is 3.59. The molecule has 2 aliphatic heterocycles. The number of carbonyl (C=O) groups is 1. The minimum Gasteiger partial charge on any atom is -0.381 e. The molecule has 3 aromatic heterocycles. The molecule has 2 aliphatic rings. The SMILES string of the molecule is COC1CCN(c2nccc(Cc3cc4c(cn3)c(C(=O)N3CCOCC3)cn4C(C)C)n2)CC1. The molecule has 0 N–H and O–H groups in total. The van der Waals surface area contributed by atoms with Crippen molar-refractivity contribution in [3.05, 3.63) is 47.7 Å². The minimum atomic E-state index is 0.0462. The Morgan fingerprint density at radius 1 is 1.14 bits per heavy atom. The molecule has 0 radical (unpaired) electrons. The summed E-state index contributed by atoms with van der Waals surface area (Å²) in [6, 6.07) is 4.27. The first kappa shape index (κ1) is 23.7. The normalized spacial score (nSPS) is 17.5. The molecule has 1 amide bonds. The Kier molecular flexibility index (Phi) is 6.97. The Hall–Kier alpha value is -3.04. The molecule has 0 saturated carbocycles. The van der Waals surface area contributed by atoms with Crippen molar-refractivity contribution in [2.24, 2.45) is 0 Å². The van der Waals surface area contributed by atoms with Crippen LogP contribution in [0.5, 0.6) is 0 Å². The van der Waals surface area contributed by atoms with E-state index in [0.29, 0.717) is 44.4 Å². The van der Waals surface area contributed by atoms with E-state index in [0.717, 1.165) is 54.2 Å². The fourth-order valence-corrected chi connectivity index (χ4v) is 4.93. The van der Waals surface area contributed by atoms with Crippen LogP contribution >= 0.6 is 0 Å². The fraction of sp³-hybridized carbons (Fsp3) is 0.538. The number of hydrogen-bond donors (Lipinski definition) is 0. The third-order valence-electron chi connectivity index (χ3n) is 6.98. The molecule has 5 heterocycles. The van der Waals surface area contributed by atoms with Crippen LogP contribution in [0.15, 0.2) is 30.7 Å². The predicted octanol–water partition coefficient (Wildman–Crippen LogP) is 3.09. The zero-order valence-electron chi connectivity index (χ0n) is 20.8. The molecule has 0 unspecified atom stereocenters. The van der Waals surface area contributed by atoms with Gasteiger partial charge in [-0.1, -0.05) is 0 Å². The number of methoxy groups -OCH3 is 1. The van der Waals surface area contributed by atoms with Gasteiger partial charge in [-0.15, -0.1) is 0 Å². The molecule has 9 nitrogen and oxygen atoms in total. The van der Waals surface area contributed by atoms with E-state index in [1.807, 2.05) is 29.6 Å². The standard InChI is InChI=1S/C26H34N6O3/c1-18(2)32-17-23(25(33)30-10-12-35-13-11-30)22-16-28-20(15-24(22)32)14-19-4-7-27-26(29-19)31-8-5-21(34-3)6-9-31/h4,7,15-18,21H,5-6,8-14H2,1-3H3. The smallest absolute Gasteiger partial charge is 0.256 e. The summed E-state index contributed by atoms with van der Waals surface area (Å²) in [6.45, 7) is 8.47. The quantitative estimate of drug-likeness (QED) is 0.538. The Morgan fingerprint density at radius 3 is 2.63 bits per heavy atom. The molecule has 0 spiro atoms. The van der Waals surface area contributed by atoms with Gasteiger partial charge in [-0.25, -0.2) is 9.97 Å². The minimum absolute atomic E-state index is 0.0462. The zero-order valence-corrected chi connectivity index (χ0v) is 20.8. The van der Waals surface area contributed by atoms with Gasteiger partial charge >= 0.3 is 0 Å². The van der Waals surface area contributed by atoms with E-state index < -0.39 is 0 Å². The van der Waals surface area contributed by atoms with E-state index in [1.54, 1.807) is 7.11 Å². The number of fused-ring (bicyclic) bond motifs is 1. The molecule has 186 valence electrons. The molecule has 2 fully saturated rings. The van der Waals surface area contributed by atoms with Crippen LogP contribution in [0.2, 0.25) is 0 Å². The summed E-state index contributed by atoms with van der Waals surface area (Å²) in [5.74, 6) is 0.812. The largest absolute Gasteiger partial charge is 0.381 e. The van der Waals surface area contributed by atoms with E-state index >= 15 is 0 Å². The first-order chi connectivity index (χ1) is 17.0. The lowest BCUT2D eigenvalue weighted by atomic mass is 10.1. The zero-order chi connectivity index (χ0) is 24.4. The number of carbonyl (C=O) groups excluding carboxylic acids is 1. The first-order valence-corrected chi connectivity index (χ1v) is 12.5. The Labute approximate surface area is 206 Å². The van der Waals surface area contributed by atoms with Gasteiger partial charge in [0.05, 0.1) is 36.1 Å². The van der Waals surface area contributed by atoms with Gasteiger partial charge in [0.25, 0.3) is 5.91 Å². The monoisotopic (exact) mass is 478 g/mol. The van der Waals surface area contributed by atoms with Gasteiger partial charge in [0.15, 0.2) is 0 Å². The van der Waals surface area contributed by atoms with Crippen molar-refractivity contribution >= 4 is 22.8 Å². The third-order valence-corrected chi connectivity index (χ3v) is 6.98. The summed E-state index contributed by atoms with van der Waals surface area (Å²) < 4.78 is 13.1. The number of pyridine rings is 1. The van der Waals surface area contributed by atoms with Crippen molar-refractivity contribution in [3.8, 4) is 0 Å². The van der Waals surface area contributed by atoms with Crippen LogP contribution in [0.1, 0.15) is 54.5 Å². The van der Waals surface area contributed by atoms with E-state index in [9.17, 15) is 4.79 Å². The molecular weight excluding hydrogens is 444 g/mol. The average Bonchev–Trinajstić information content (AvgIpc) is 3.28. The fourth-order valence-electron chi connectivity index (χ4n) is 4.93. The van der Waals surface area contributed by atoms with Crippen LogP contribution in [0, 0.1) is 0 Å². The number of anilines is 1. The second-order valence-corrected chi connectivity index (χ2v) is 9.59. The van der Waals surface area contributed by atoms with Gasteiger partial charge < -0.3 is 23.8 Å². The van der Waals surface area contributed by atoms with Crippen LogP contribution in [0.25, 0.3) is 10.9 Å². The lowest BCUT2D eigenvalue weighted by Gasteiger charge is -2.31. The van der Waals surface area contributed by atoms with Crippen molar-refractivity contribution in [3.63, 3.8) is 0 Å². The molecule has 0 atom stereocenters. The second-order valence-electron chi connectivity index (χ2n) is 9.59. The van der Waals surface area contributed by atoms with Gasteiger partial charge in [-0.2, -0.15) is 0 Å². The molecule has 5 rings (SSSR count). The Bertz CT molecular complexity index is 1180. The van der Waals surface area contributed by atoms with Crippen molar-refractivity contribution in [2.45, 2.75) is 45.3 Å². The van der Waals surface area contributed by atoms with Crippen molar-refractivity contribution in [1.82, 2.24) is 24.4 Å². The highest BCUT2D eigenvalue weighted by Crippen LogP contribution is 2.27. The summed E-state index contributed by atoms with van der Waals surface area (Å²) in [6.07, 6.45) is 8.55. The van der Waals surface area contributed by atoms with Crippen molar-refractivity contribution in [2.75, 3.05) is 51.4 Å². The van der Waals surface area contributed by atoms with Crippen LogP contribution < -0.4 is 4.90 Å². The predicted molar refractivity (Wildman–Crippen MR) is 134 cm³/mol. The van der Waals surface area contributed by atoms with Crippen LogP contribution in [-0.2, 0) is 15.9 Å². The summed E-state index contributed by atoms with van der Waals surface area (Å²) >= 11 is 0. The van der Waals surface area contributed by atoms with Gasteiger partial charge in [-0.3, -0.25) is 9.78 Å². The molecular formula is C26H34N6O3. The third kappa shape index (κ3) is 5.01. The first-order valence-electron chi connectivity index (χ1n) is 12.5. The van der Waals surface area contributed by atoms with Crippen LogP contribution in [-0.4, -0.2) is 82.9 Å². The molecule has 0 aliphatic carbocycles. The maximum atomic E-state index is 13.3. The number of piperidine rings is 1. The van der Waals surface area contributed by atoms with E-state index in [2.05, 4.69) is 34.4 Å². The Balaban J connectivity index is 1.39. The van der Waals surface area contributed by atoms with E-state index in [4.69, 9.17) is 19.4 Å². The highest BCUT2D eigenvalue weighted by atomic mass is 16.5. The van der Waals surface area contributed by atoms with Gasteiger partial charge in [-0.05, 0) is 38.8 Å². The average molecular weight is 479 g/mol. The number of nitrogens with zero attached hydrogens (tertiary/aromatic N) is 6. The number of amides is 1. The molecule has 2 saturated heterocycles. The highest BCUT2D eigenvalue weighted by Gasteiger charge is 2.24. The molecule has 35 heavy (non-hydrogen) atoms. The summed E-state index contributed by atoms with van der Waals surface area (Å²) in [4.78, 5) is 31.4. The number of morpholine rings is 1. The maximum absolute atomic E-state index is 13.3. The van der Waals surface area contributed by atoms with Gasteiger partial charge in [0.1, 0.15) is 0 Å². The van der Waals surface area contributed by atoms with Gasteiger partial charge in [0, 0.05) is 75.4 Å². The molecule has 9 heteroatoms. The van der Waals surface area contributed by atoms with Crippen molar-refractivity contribution < 1.29 is 14.3 Å². The van der Waals surface area contributed by atoms with Crippen LogP contribution in [0.4, 0.5) is 5.95 Å². The molecule has 3 aromatic rings. The van der Waals surface area contributed by atoms with Crippen LogP contribution in [0.3, 0.4) is 0 Å². The van der Waals surface area contributed by atoms with E-state index in [1.165, 1.54) is 0 Å². The second kappa shape index (κ2) is 10.3. The molecule has 0 aromatic carbocycles. The number of hydrogen-bond acceptors (Lipinski definition) is 7. The Morgan fingerprint density at radius 2 is 1.91 bits per heavy atom. The lowest BCUT2D eigenvalue weighted by Crippen LogP contribution is -2.40. The number of aromatic nitrogens is 4. The number of rotatable bonds is 6.